The topological polar surface area (TPSA) is 116 Å². The Labute approximate surface area is 161 Å². The lowest BCUT2D eigenvalue weighted by atomic mass is 10.1. The number of nitro benzene ring substituents is 1. The molecule has 0 unspecified atom stereocenters. The van der Waals surface area contributed by atoms with Crippen molar-refractivity contribution in [1.29, 1.82) is 0 Å². The Morgan fingerprint density at radius 1 is 1.32 bits per heavy atom. The van der Waals surface area contributed by atoms with Gasteiger partial charge in [0.2, 0.25) is 5.91 Å². The standard InChI is InChI=1S/C19H21N3O6/c1-13-4-6-15(16(10-13)22(24)25)17-7-5-14(28-17)12-20-21-18(23)11-19(2)26-8-3-9-27-19/h4-7,10,12H,3,8-9,11H2,1-2H3,(H,21,23)/b20-12-. The first-order valence-corrected chi connectivity index (χ1v) is 8.81. The van der Waals surface area contributed by atoms with Crippen molar-refractivity contribution in [3.05, 3.63) is 51.8 Å². The normalized spacial score (nSPS) is 16.2. The van der Waals surface area contributed by atoms with Gasteiger partial charge in [0.15, 0.2) is 5.79 Å². The first-order chi connectivity index (χ1) is 13.4. The zero-order chi connectivity index (χ0) is 20.1. The van der Waals surface area contributed by atoms with Gasteiger partial charge in [-0.05, 0) is 44.0 Å². The zero-order valence-corrected chi connectivity index (χ0v) is 15.6. The van der Waals surface area contributed by atoms with Gasteiger partial charge in [0.25, 0.3) is 5.69 Å². The Hall–Kier alpha value is -3.04. The summed E-state index contributed by atoms with van der Waals surface area (Å²) in [6.45, 7) is 4.59. The maximum Gasteiger partial charge on any atom is 0.280 e. The fourth-order valence-electron chi connectivity index (χ4n) is 2.85. The van der Waals surface area contributed by atoms with E-state index in [1.807, 2.05) is 0 Å². The first-order valence-electron chi connectivity index (χ1n) is 8.81. The second kappa shape index (κ2) is 8.32. The van der Waals surface area contributed by atoms with Crippen molar-refractivity contribution in [2.24, 2.45) is 5.10 Å². The molecule has 0 radical (unpaired) electrons. The number of hydrogen-bond acceptors (Lipinski definition) is 7. The number of nitrogens with zero attached hydrogens (tertiary/aromatic N) is 2. The van der Waals surface area contributed by atoms with E-state index >= 15 is 0 Å². The van der Waals surface area contributed by atoms with Gasteiger partial charge in [-0.15, -0.1) is 0 Å². The van der Waals surface area contributed by atoms with Crippen molar-refractivity contribution in [2.45, 2.75) is 32.5 Å². The summed E-state index contributed by atoms with van der Waals surface area (Å²) in [6, 6.07) is 8.13. The molecule has 2 heterocycles. The monoisotopic (exact) mass is 387 g/mol. The molecule has 1 aromatic carbocycles. The van der Waals surface area contributed by atoms with Crippen molar-refractivity contribution in [3.8, 4) is 11.3 Å². The molecule has 9 heteroatoms. The number of nitrogens with one attached hydrogen (secondary N) is 1. The van der Waals surface area contributed by atoms with E-state index in [2.05, 4.69) is 10.5 Å². The summed E-state index contributed by atoms with van der Waals surface area (Å²) in [4.78, 5) is 22.8. The molecule has 1 aliphatic heterocycles. The van der Waals surface area contributed by atoms with Crippen LogP contribution in [0.4, 0.5) is 5.69 Å². The molecule has 2 aromatic rings. The van der Waals surface area contributed by atoms with Gasteiger partial charge < -0.3 is 13.9 Å². The van der Waals surface area contributed by atoms with Crippen molar-refractivity contribution in [2.75, 3.05) is 13.2 Å². The van der Waals surface area contributed by atoms with E-state index in [9.17, 15) is 14.9 Å². The molecule has 148 valence electrons. The Balaban J connectivity index is 1.63. The smallest absolute Gasteiger partial charge is 0.280 e. The summed E-state index contributed by atoms with van der Waals surface area (Å²) in [5.74, 6) is -0.612. The van der Waals surface area contributed by atoms with Crippen molar-refractivity contribution in [3.63, 3.8) is 0 Å². The van der Waals surface area contributed by atoms with Crippen molar-refractivity contribution >= 4 is 17.8 Å². The molecule has 1 N–H and O–H groups in total. The van der Waals surface area contributed by atoms with Crippen LogP contribution in [0.15, 0.2) is 39.9 Å². The highest BCUT2D eigenvalue weighted by Crippen LogP contribution is 2.31. The van der Waals surface area contributed by atoms with Crippen molar-refractivity contribution in [1.82, 2.24) is 5.43 Å². The molecule has 1 aromatic heterocycles. The maximum absolute atomic E-state index is 12.0. The number of nitro groups is 1. The van der Waals surface area contributed by atoms with E-state index in [-0.39, 0.29) is 18.0 Å². The Morgan fingerprint density at radius 2 is 2.07 bits per heavy atom. The third kappa shape index (κ3) is 4.81. The molecule has 28 heavy (non-hydrogen) atoms. The molecule has 1 aliphatic rings. The van der Waals surface area contributed by atoms with Gasteiger partial charge in [0, 0.05) is 6.07 Å². The number of carbonyl (C=O) groups excluding carboxylic acids is 1. The lowest BCUT2D eigenvalue weighted by Gasteiger charge is -2.33. The van der Waals surface area contributed by atoms with Crippen LogP contribution in [0, 0.1) is 17.0 Å². The van der Waals surface area contributed by atoms with Gasteiger partial charge in [-0.2, -0.15) is 5.10 Å². The van der Waals surface area contributed by atoms with Crippen LogP contribution in [0.1, 0.15) is 31.1 Å². The molecule has 0 saturated carbocycles. The Bertz CT molecular complexity index is 899. The quantitative estimate of drug-likeness (QED) is 0.462. The van der Waals surface area contributed by atoms with Gasteiger partial charge in [0.1, 0.15) is 11.5 Å². The van der Waals surface area contributed by atoms with Crippen molar-refractivity contribution < 1.29 is 23.6 Å². The number of hydrazone groups is 1. The molecule has 1 fully saturated rings. The minimum Gasteiger partial charge on any atom is -0.455 e. The fraction of sp³-hybridized carbons (Fsp3) is 0.368. The van der Waals surface area contributed by atoms with E-state index in [4.69, 9.17) is 13.9 Å². The second-order valence-corrected chi connectivity index (χ2v) is 6.63. The van der Waals surface area contributed by atoms with Crippen LogP contribution in [-0.4, -0.2) is 36.0 Å². The predicted octanol–water partition coefficient (Wildman–Crippen LogP) is 3.16. The minimum atomic E-state index is -0.944. The number of furan rings is 1. The third-order valence-electron chi connectivity index (χ3n) is 4.21. The van der Waals surface area contributed by atoms with Crippen LogP contribution in [0.5, 0.6) is 0 Å². The fourth-order valence-corrected chi connectivity index (χ4v) is 2.85. The van der Waals surface area contributed by atoms with Crippen LogP contribution in [-0.2, 0) is 14.3 Å². The maximum atomic E-state index is 12.0. The average molecular weight is 387 g/mol. The highest BCUT2D eigenvalue weighted by Gasteiger charge is 2.31. The van der Waals surface area contributed by atoms with Gasteiger partial charge in [-0.3, -0.25) is 14.9 Å². The summed E-state index contributed by atoms with van der Waals surface area (Å²) in [5.41, 5.74) is 3.51. The third-order valence-corrected chi connectivity index (χ3v) is 4.21. The summed E-state index contributed by atoms with van der Waals surface area (Å²) in [5, 5.41) is 15.1. The van der Waals surface area contributed by atoms with E-state index in [1.165, 1.54) is 12.3 Å². The summed E-state index contributed by atoms with van der Waals surface area (Å²) in [7, 11) is 0. The second-order valence-electron chi connectivity index (χ2n) is 6.63. The first kappa shape index (κ1) is 19.7. The predicted molar refractivity (Wildman–Crippen MR) is 101 cm³/mol. The molecule has 9 nitrogen and oxygen atoms in total. The molecule has 1 amide bonds. The summed E-state index contributed by atoms with van der Waals surface area (Å²) in [6.07, 6.45) is 2.14. The molecule has 3 rings (SSSR count). The summed E-state index contributed by atoms with van der Waals surface area (Å²) >= 11 is 0. The molecular formula is C19H21N3O6. The lowest BCUT2D eigenvalue weighted by Crippen LogP contribution is -2.41. The molecule has 1 saturated heterocycles. The molecule has 0 bridgehead atoms. The highest BCUT2D eigenvalue weighted by molar-refractivity contribution is 5.82. The minimum absolute atomic E-state index is 0.0172. The number of ether oxygens (including phenoxy) is 2. The number of rotatable bonds is 6. The average Bonchev–Trinajstić information content (AvgIpc) is 3.10. The number of benzene rings is 1. The molecule has 0 aliphatic carbocycles. The zero-order valence-electron chi connectivity index (χ0n) is 15.6. The molecule has 0 spiro atoms. The van der Waals surface area contributed by atoms with E-state index in [0.29, 0.717) is 30.3 Å². The Morgan fingerprint density at radius 3 is 2.79 bits per heavy atom. The van der Waals surface area contributed by atoms with Crippen LogP contribution < -0.4 is 5.43 Å². The number of aryl methyl sites for hydroxylation is 1. The Kier molecular flexibility index (Phi) is 5.86. The van der Waals surface area contributed by atoms with Crippen LogP contribution in [0.25, 0.3) is 11.3 Å². The van der Waals surface area contributed by atoms with Gasteiger partial charge in [0.05, 0.1) is 36.3 Å². The van der Waals surface area contributed by atoms with Crippen LogP contribution in [0.2, 0.25) is 0 Å². The summed E-state index contributed by atoms with van der Waals surface area (Å²) < 4.78 is 16.6. The van der Waals surface area contributed by atoms with Gasteiger partial charge in [-0.1, -0.05) is 6.07 Å². The molecule has 0 atom stereocenters. The lowest BCUT2D eigenvalue weighted by molar-refractivity contribution is -0.384. The van der Waals surface area contributed by atoms with Gasteiger partial charge >= 0.3 is 0 Å². The van der Waals surface area contributed by atoms with E-state index in [1.54, 1.807) is 38.1 Å². The number of hydrogen-bond donors (Lipinski definition) is 1. The SMILES string of the molecule is Cc1ccc(-c2ccc(/C=N\NC(=O)CC3(C)OCCCO3)o2)c([N+](=O)[O-])c1. The van der Waals surface area contributed by atoms with Crippen LogP contribution in [0.3, 0.4) is 0 Å². The molecular weight excluding hydrogens is 366 g/mol. The number of amides is 1. The van der Waals surface area contributed by atoms with E-state index < -0.39 is 10.7 Å². The van der Waals surface area contributed by atoms with Crippen LogP contribution >= 0.6 is 0 Å². The highest BCUT2D eigenvalue weighted by atomic mass is 16.7. The van der Waals surface area contributed by atoms with E-state index in [0.717, 1.165) is 12.0 Å². The number of carbonyl (C=O) groups is 1. The largest absolute Gasteiger partial charge is 0.455 e. The van der Waals surface area contributed by atoms with Gasteiger partial charge in [-0.25, -0.2) is 5.43 Å².